The van der Waals surface area contributed by atoms with Gasteiger partial charge in [0.25, 0.3) is 0 Å². The summed E-state index contributed by atoms with van der Waals surface area (Å²) in [5.74, 6) is -0.0134. The molecule has 2 amide bonds. The fourth-order valence-corrected chi connectivity index (χ4v) is 2.00. The minimum Gasteiger partial charge on any atom is -0.465 e. The fourth-order valence-electron chi connectivity index (χ4n) is 2.00. The van der Waals surface area contributed by atoms with Crippen LogP contribution < -0.4 is 0 Å². The van der Waals surface area contributed by atoms with E-state index in [1.807, 2.05) is 13.8 Å². The highest BCUT2D eigenvalue weighted by atomic mass is 16.4. The normalized spacial score (nSPS) is 24.9. The average Bonchev–Trinajstić information content (AvgIpc) is 2.26. The summed E-state index contributed by atoms with van der Waals surface area (Å²) in [6.45, 7) is 3.57. The SMILES string of the molecule is CC(C)[C@H]1CN(C(=O)O)[C@@H](C=O)CN1C(=O)O. The van der Waals surface area contributed by atoms with Gasteiger partial charge in [0, 0.05) is 6.54 Å². The summed E-state index contributed by atoms with van der Waals surface area (Å²) < 4.78 is 0. The number of hydrogen-bond acceptors (Lipinski definition) is 3. The van der Waals surface area contributed by atoms with Crippen molar-refractivity contribution < 1.29 is 24.6 Å². The Morgan fingerprint density at radius 2 is 1.71 bits per heavy atom. The van der Waals surface area contributed by atoms with Gasteiger partial charge in [0.1, 0.15) is 12.3 Å². The van der Waals surface area contributed by atoms with Gasteiger partial charge in [-0.25, -0.2) is 9.59 Å². The van der Waals surface area contributed by atoms with Gasteiger partial charge in [-0.1, -0.05) is 13.8 Å². The first-order valence-electron chi connectivity index (χ1n) is 5.33. The van der Waals surface area contributed by atoms with E-state index >= 15 is 0 Å². The fraction of sp³-hybridized carbons (Fsp3) is 0.700. The van der Waals surface area contributed by atoms with Crippen LogP contribution in [0.15, 0.2) is 0 Å². The van der Waals surface area contributed by atoms with Crippen molar-refractivity contribution in [1.82, 2.24) is 9.80 Å². The molecule has 96 valence electrons. The van der Waals surface area contributed by atoms with Crippen LogP contribution in [0.1, 0.15) is 13.8 Å². The monoisotopic (exact) mass is 244 g/mol. The maximum atomic E-state index is 11.1. The van der Waals surface area contributed by atoms with Crippen molar-refractivity contribution in [2.45, 2.75) is 25.9 Å². The van der Waals surface area contributed by atoms with Crippen LogP contribution in [-0.2, 0) is 4.79 Å². The van der Waals surface area contributed by atoms with Crippen LogP contribution in [0, 0.1) is 5.92 Å². The third kappa shape index (κ3) is 2.66. The van der Waals surface area contributed by atoms with Crippen LogP contribution in [0.4, 0.5) is 9.59 Å². The van der Waals surface area contributed by atoms with E-state index in [0.717, 1.165) is 9.80 Å². The second-order valence-corrected chi connectivity index (χ2v) is 4.38. The summed E-state index contributed by atoms with van der Waals surface area (Å²) in [7, 11) is 0. The summed E-state index contributed by atoms with van der Waals surface area (Å²) in [4.78, 5) is 35.0. The number of hydrogen-bond donors (Lipinski definition) is 2. The number of rotatable bonds is 2. The van der Waals surface area contributed by atoms with E-state index in [-0.39, 0.29) is 19.0 Å². The van der Waals surface area contributed by atoms with Crippen molar-refractivity contribution in [3.8, 4) is 0 Å². The van der Waals surface area contributed by atoms with Crippen molar-refractivity contribution in [1.29, 1.82) is 0 Å². The Kier molecular flexibility index (Phi) is 3.93. The molecule has 7 heteroatoms. The molecule has 0 aliphatic carbocycles. The summed E-state index contributed by atoms with van der Waals surface area (Å²) in [5.41, 5.74) is 0. The molecule has 7 nitrogen and oxygen atoms in total. The lowest BCUT2D eigenvalue weighted by molar-refractivity contribution is -0.114. The molecule has 0 saturated carbocycles. The number of carboxylic acid groups (broad SMARTS) is 2. The van der Waals surface area contributed by atoms with E-state index in [2.05, 4.69) is 0 Å². The lowest BCUT2D eigenvalue weighted by Gasteiger charge is -2.43. The Morgan fingerprint density at radius 3 is 2.06 bits per heavy atom. The minimum atomic E-state index is -1.20. The molecular weight excluding hydrogens is 228 g/mol. The molecule has 0 bridgehead atoms. The van der Waals surface area contributed by atoms with E-state index in [1.165, 1.54) is 0 Å². The van der Waals surface area contributed by atoms with Gasteiger partial charge in [-0.15, -0.1) is 0 Å². The van der Waals surface area contributed by atoms with E-state index in [0.29, 0.717) is 6.29 Å². The number of piperazine rings is 1. The number of carbonyl (C=O) groups excluding carboxylic acids is 1. The molecule has 2 N–H and O–H groups in total. The smallest absolute Gasteiger partial charge is 0.408 e. The average molecular weight is 244 g/mol. The lowest BCUT2D eigenvalue weighted by Crippen LogP contribution is -2.62. The zero-order chi connectivity index (χ0) is 13.2. The van der Waals surface area contributed by atoms with E-state index < -0.39 is 24.3 Å². The topological polar surface area (TPSA) is 98.2 Å². The zero-order valence-corrected chi connectivity index (χ0v) is 9.74. The molecule has 0 unspecified atom stereocenters. The highest BCUT2D eigenvalue weighted by Gasteiger charge is 2.39. The van der Waals surface area contributed by atoms with Gasteiger partial charge in [0.2, 0.25) is 0 Å². The molecule has 0 aromatic heterocycles. The number of aldehydes is 1. The second-order valence-electron chi connectivity index (χ2n) is 4.38. The second kappa shape index (κ2) is 5.03. The highest BCUT2D eigenvalue weighted by molar-refractivity contribution is 5.74. The van der Waals surface area contributed by atoms with Crippen LogP contribution in [0.2, 0.25) is 0 Å². The quantitative estimate of drug-likeness (QED) is 0.691. The summed E-state index contributed by atoms with van der Waals surface area (Å²) in [5, 5.41) is 18.0. The summed E-state index contributed by atoms with van der Waals surface area (Å²) >= 11 is 0. The number of nitrogens with zero attached hydrogens (tertiary/aromatic N) is 2. The Morgan fingerprint density at radius 1 is 1.18 bits per heavy atom. The zero-order valence-electron chi connectivity index (χ0n) is 9.74. The Labute approximate surface area is 98.6 Å². The Hall–Kier alpha value is -1.79. The molecule has 0 aromatic carbocycles. The largest absolute Gasteiger partial charge is 0.465 e. The lowest BCUT2D eigenvalue weighted by atomic mass is 9.98. The molecule has 1 aliphatic rings. The first-order valence-corrected chi connectivity index (χ1v) is 5.33. The summed E-state index contributed by atoms with van der Waals surface area (Å²) in [6.07, 6.45) is -1.85. The molecule has 1 rings (SSSR count). The van der Waals surface area contributed by atoms with Gasteiger partial charge < -0.3 is 19.9 Å². The number of amides is 2. The molecule has 0 aromatic rings. The molecule has 0 spiro atoms. The van der Waals surface area contributed by atoms with Crippen molar-refractivity contribution in [2.24, 2.45) is 5.92 Å². The Balaban J connectivity index is 2.95. The van der Waals surface area contributed by atoms with Crippen LogP contribution in [-0.4, -0.2) is 63.7 Å². The van der Waals surface area contributed by atoms with Crippen molar-refractivity contribution in [2.75, 3.05) is 13.1 Å². The first-order chi connectivity index (χ1) is 7.88. The van der Waals surface area contributed by atoms with Gasteiger partial charge in [-0.3, -0.25) is 4.90 Å². The molecule has 1 saturated heterocycles. The standard InChI is InChI=1S/C10H16N2O5/c1-6(2)8-4-11(9(14)15)7(5-13)3-12(8)10(16)17/h5-8H,3-4H2,1-2H3,(H,14,15)(H,16,17)/t7-,8-/m1/s1. The van der Waals surface area contributed by atoms with Crippen LogP contribution >= 0.6 is 0 Å². The van der Waals surface area contributed by atoms with Crippen molar-refractivity contribution >= 4 is 18.5 Å². The predicted molar refractivity (Wildman–Crippen MR) is 57.9 cm³/mol. The van der Waals surface area contributed by atoms with Gasteiger partial charge in [0.05, 0.1) is 12.6 Å². The van der Waals surface area contributed by atoms with Crippen molar-refractivity contribution in [3.63, 3.8) is 0 Å². The van der Waals surface area contributed by atoms with Gasteiger partial charge >= 0.3 is 12.2 Å². The maximum Gasteiger partial charge on any atom is 0.408 e. The van der Waals surface area contributed by atoms with Crippen LogP contribution in [0.25, 0.3) is 0 Å². The van der Waals surface area contributed by atoms with Gasteiger partial charge in [-0.2, -0.15) is 0 Å². The molecule has 2 atom stereocenters. The predicted octanol–water partition coefficient (Wildman–Crippen LogP) is 0.552. The molecule has 1 fully saturated rings. The minimum absolute atomic E-state index is 0.0134. The molecule has 1 aliphatic heterocycles. The van der Waals surface area contributed by atoms with Crippen LogP contribution in [0.5, 0.6) is 0 Å². The van der Waals surface area contributed by atoms with Gasteiger partial charge in [-0.05, 0) is 5.92 Å². The maximum absolute atomic E-state index is 11.1. The van der Waals surface area contributed by atoms with E-state index in [1.54, 1.807) is 0 Å². The number of carbonyl (C=O) groups is 3. The molecule has 17 heavy (non-hydrogen) atoms. The van der Waals surface area contributed by atoms with E-state index in [4.69, 9.17) is 10.2 Å². The van der Waals surface area contributed by atoms with Gasteiger partial charge in [0.15, 0.2) is 0 Å². The molecule has 1 heterocycles. The third-order valence-corrected chi connectivity index (χ3v) is 2.99. The van der Waals surface area contributed by atoms with E-state index in [9.17, 15) is 14.4 Å². The first kappa shape index (κ1) is 13.3. The highest BCUT2D eigenvalue weighted by Crippen LogP contribution is 2.20. The van der Waals surface area contributed by atoms with Crippen molar-refractivity contribution in [3.05, 3.63) is 0 Å². The third-order valence-electron chi connectivity index (χ3n) is 2.99. The molecular formula is C10H16N2O5. The Bertz CT molecular complexity index is 331. The van der Waals surface area contributed by atoms with Crippen LogP contribution in [0.3, 0.4) is 0 Å². The molecule has 0 radical (unpaired) electrons. The summed E-state index contributed by atoms with van der Waals surface area (Å²) in [6, 6.07) is -1.33.